The van der Waals surface area contributed by atoms with Crippen molar-refractivity contribution >= 4 is 35.0 Å². The van der Waals surface area contributed by atoms with Crippen molar-refractivity contribution in [3.63, 3.8) is 0 Å². The molecule has 0 aliphatic carbocycles. The first kappa shape index (κ1) is 11.4. The SMILES string of the molecule is CC1=C[SiH2]C(C2=C(C)C(C)=C(Br)[SiH2]2)=C1C. The molecule has 2 rings (SSSR count). The fourth-order valence-electron chi connectivity index (χ4n) is 2.33. The molecule has 0 spiro atoms. The lowest BCUT2D eigenvalue weighted by Gasteiger charge is -2.09. The molecule has 15 heavy (non-hydrogen) atoms. The lowest BCUT2D eigenvalue weighted by molar-refractivity contribution is 1.32. The molecule has 0 aromatic heterocycles. The predicted octanol–water partition coefficient (Wildman–Crippen LogP) is 2.43. The van der Waals surface area contributed by atoms with E-state index in [4.69, 9.17) is 0 Å². The van der Waals surface area contributed by atoms with E-state index < -0.39 is 0 Å². The molecule has 0 nitrogen and oxygen atoms in total. The summed E-state index contributed by atoms with van der Waals surface area (Å²) in [6.07, 6.45) is 0. The molecule has 2 heterocycles. The summed E-state index contributed by atoms with van der Waals surface area (Å²) in [7, 11) is -0.275. The third-order valence-corrected chi connectivity index (χ3v) is 10.0. The topological polar surface area (TPSA) is 0 Å². The van der Waals surface area contributed by atoms with Crippen molar-refractivity contribution in [3.05, 3.63) is 42.5 Å². The molecule has 0 aromatic carbocycles. The van der Waals surface area contributed by atoms with E-state index in [-0.39, 0.29) is 19.0 Å². The lowest BCUT2D eigenvalue weighted by Crippen LogP contribution is -2.02. The van der Waals surface area contributed by atoms with Crippen molar-refractivity contribution in [1.29, 1.82) is 0 Å². The summed E-state index contributed by atoms with van der Waals surface area (Å²) in [6, 6.07) is 0. The van der Waals surface area contributed by atoms with Crippen LogP contribution in [0.3, 0.4) is 0 Å². The molecular formula is C12H17BrSi2. The second kappa shape index (κ2) is 4.03. The van der Waals surface area contributed by atoms with Gasteiger partial charge in [-0.05, 0) is 42.9 Å². The minimum absolute atomic E-state index is 0.0973. The van der Waals surface area contributed by atoms with Gasteiger partial charge in [-0.3, -0.25) is 0 Å². The third-order valence-electron chi connectivity index (χ3n) is 3.77. The minimum atomic E-state index is -0.178. The van der Waals surface area contributed by atoms with Gasteiger partial charge in [-0.2, -0.15) is 0 Å². The minimum Gasteiger partial charge on any atom is -0.0930 e. The third kappa shape index (κ3) is 1.81. The molecule has 3 heteroatoms. The van der Waals surface area contributed by atoms with Crippen LogP contribution in [0.1, 0.15) is 27.7 Å². The first-order chi connectivity index (χ1) is 7.02. The van der Waals surface area contributed by atoms with E-state index in [1.165, 1.54) is 15.3 Å². The van der Waals surface area contributed by atoms with Crippen LogP contribution in [-0.4, -0.2) is 19.0 Å². The van der Waals surface area contributed by atoms with Gasteiger partial charge in [-0.1, -0.05) is 43.2 Å². The molecule has 0 atom stereocenters. The highest BCUT2D eigenvalue weighted by atomic mass is 79.9. The Kier molecular flexibility index (Phi) is 3.06. The largest absolute Gasteiger partial charge is 0.0969 e. The summed E-state index contributed by atoms with van der Waals surface area (Å²) < 4.78 is 1.52. The number of rotatable bonds is 1. The summed E-state index contributed by atoms with van der Waals surface area (Å²) in [4.78, 5) is 0. The highest BCUT2D eigenvalue weighted by Gasteiger charge is 2.23. The molecule has 2 aliphatic rings. The van der Waals surface area contributed by atoms with Crippen molar-refractivity contribution in [2.24, 2.45) is 0 Å². The lowest BCUT2D eigenvalue weighted by atomic mass is 10.1. The Morgan fingerprint density at radius 2 is 1.60 bits per heavy atom. The highest BCUT2D eigenvalue weighted by molar-refractivity contribution is 9.12. The molecule has 0 saturated carbocycles. The molecule has 0 amide bonds. The molecule has 80 valence electrons. The van der Waals surface area contributed by atoms with Crippen LogP contribution in [0.25, 0.3) is 0 Å². The first-order valence-corrected chi connectivity index (χ1v) is 9.18. The maximum absolute atomic E-state index is 3.74. The Hall–Kier alpha value is -0.126. The Labute approximate surface area is 105 Å². The Balaban J connectivity index is 2.39. The summed E-state index contributed by atoms with van der Waals surface area (Å²) in [5, 5.41) is 3.50. The molecule has 0 saturated heterocycles. The van der Waals surface area contributed by atoms with E-state index in [2.05, 4.69) is 49.3 Å². The predicted molar refractivity (Wildman–Crippen MR) is 77.9 cm³/mol. The Bertz CT molecular complexity index is 450. The van der Waals surface area contributed by atoms with Gasteiger partial charge in [0, 0.05) is 0 Å². The second-order valence-electron chi connectivity index (χ2n) is 4.51. The van der Waals surface area contributed by atoms with Crippen LogP contribution < -0.4 is 0 Å². The molecule has 0 radical (unpaired) electrons. The van der Waals surface area contributed by atoms with Gasteiger partial charge in [0.05, 0.1) is 19.0 Å². The number of hydrogen-bond donors (Lipinski definition) is 0. The Morgan fingerprint density at radius 3 is 2.00 bits per heavy atom. The average molecular weight is 297 g/mol. The molecule has 0 bridgehead atoms. The molecule has 0 fully saturated rings. The summed E-state index contributed by atoms with van der Waals surface area (Å²) in [6.45, 7) is 9.12. The van der Waals surface area contributed by atoms with Crippen LogP contribution in [0.4, 0.5) is 0 Å². The van der Waals surface area contributed by atoms with Crippen molar-refractivity contribution in [3.8, 4) is 0 Å². The van der Waals surface area contributed by atoms with Gasteiger partial charge in [0.2, 0.25) is 0 Å². The smallest absolute Gasteiger partial charge is 0.0930 e. The standard InChI is InChI=1S/C12H17BrSi2/c1-6-5-14-10(7(6)2)11-8(3)9(4)12(13)15-11/h5H,14-15H2,1-4H3. The monoisotopic (exact) mass is 296 g/mol. The highest BCUT2D eigenvalue weighted by Crippen LogP contribution is 2.36. The van der Waals surface area contributed by atoms with E-state index >= 15 is 0 Å². The molecular weight excluding hydrogens is 280 g/mol. The zero-order valence-corrected chi connectivity index (χ0v) is 14.3. The molecule has 0 N–H and O–H groups in total. The van der Waals surface area contributed by atoms with Crippen LogP contribution in [0.2, 0.25) is 0 Å². The van der Waals surface area contributed by atoms with E-state index in [0.717, 1.165) is 0 Å². The van der Waals surface area contributed by atoms with Crippen molar-refractivity contribution in [2.75, 3.05) is 0 Å². The molecule has 0 unspecified atom stereocenters. The fourth-order valence-corrected chi connectivity index (χ4v) is 8.04. The number of hydrogen-bond acceptors (Lipinski definition) is 0. The number of halogens is 1. The van der Waals surface area contributed by atoms with Crippen molar-refractivity contribution in [1.82, 2.24) is 0 Å². The van der Waals surface area contributed by atoms with Gasteiger partial charge in [0.15, 0.2) is 0 Å². The summed E-state index contributed by atoms with van der Waals surface area (Å²) >= 11 is 3.74. The van der Waals surface area contributed by atoms with Crippen molar-refractivity contribution < 1.29 is 0 Å². The zero-order chi connectivity index (χ0) is 11.2. The first-order valence-electron chi connectivity index (χ1n) is 5.45. The fraction of sp³-hybridized carbons (Fsp3) is 0.333. The maximum atomic E-state index is 3.74. The van der Waals surface area contributed by atoms with E-state index in [0.29, 0.717) is 0 Å². The van der Waals surface area contributed by atoms with E-state index in [1.54, 1.807) is 21.5 Å². The zero-order valence-electron chi connectivity index (χ0n) is 9.87. The maximum Gasteiger partial charge on any atom is 0.0969 e. The molecule has 0 aromatic rings. The summed E-state index contributed by atoms with van der Waals surface area (Å²) in [5.41, 5.74) is 8.69. The van der Waals surface area contributed by atoms with Gasteiger partial charge >= 0.3 is 0 Å². The van der Waals surface area contributed by atoms with Crippen molar-refractivity contribution in [2.45, 2.75) is 27.7 Å². The van der Waals surface area contributed by atoms with Gasteiger partial charge < -0.3 is 0 Å². The Morgan fingerprint density at radius 1 is 0.933 bits per heavy atom. The van der Waals surface area contributed by atoms with E-state index in [9.17, 15) is 0 Å². The van der Waals surface area contributed by atoms with Crippen LogP contribution in [0.5, 0.6) is 0 Å². The van der Waals surface area contributed by atoms with Crippen LogP contribution in [-0.2, 0) is 0 Å². The summed E-state index contributed by atoms with van der Waals surface area (Å²) in [5.74, 6) is 0. The van der Waals surface area contributed by atoms with Gasteiger partial charge in [0.25, 0.3) is 0 Å². The van der Waals surface area contributed by atoms with Crippen LogP contribution in [0, 0.1) is 0 Å². The molecule has 2 aliphatic heterocycles. The van der Waals surface area contributed by atoms with Crippen LogP contribution in [0.15, 0.2) is 42.5 Å². The van der Waals surface area contributed by atoms with Gasteiger partial charge in [0.1, 0.15) is 0 Å². The quantitative estimate of drug-likeness (QED) is 0.652. The average Bonchev–Trinajstić information content (AvgIpc) is 2.64. The van der Waals surface area contributed by atoms with Gasteiger partial charge in [-0.15, -0.1) is 0 Å². The van der Waals surface area contributed by atoms with E-state index in [1.807, 2.05) is 0 Å². The normalized spacial score (nSPS) is 25.3. The number of allylic oxidation sites excluding steroid dienone is 6. The van der Waals surface area contributed by atoms with Gasteiger partial charge in [-0.25, -0.2) is 0 Å². The second-order valence-corrected chi connectivity index (χ2v) is 9.79. The van der Waals surface area contributed by atoms with Crippen LogP contribution >= 0.6 is 15.9 Å².